The first-order valence-electron chi connectivity index (χ1n) is 3.60. The number of hydrogen-bond donors (Lipinski definition) is 0. The van der Waals surface area contributed by atoms with Gasteiger partial charge in [-0.1, -0.05) is 30.3 Å². The summed E-state index contributed by atoms with van der Waals surface area (Å²) in [5.74, 6) is 0. The van der Waals surface area contributed by atoms with E-state index in [0.29, 0.717) is 6.42 Å². The van der Waals surface area contributed by atoms with Gasteiger partial charge in [0.1, 0.15) is 6.61 Å². The van der Waals surface area contributed by atoms with Crippen molar-refractivity contribution in [3.8, 4) is 0 Å². The first-order chi connectivity index (χ1) is 5.79. The van der Waals surface area contributed by atoms with Crippen LogP contribution in [-0.4, -0.2) is 6.61 Å². The predicted molar refractivity (Wildman–Crippen MR) is 43.7 cm³/mol. The minimum Gasteiger partial charge on any atom is -0.566 e. The first-order valence-corrected chi connectivity index (χ1v) is 4.70. The van der Waals surface area contributed by atoms with E-state index in [0.717, 1.165) is 5.56 Å². The average molecular weight is 207 g/mol. The van der Waals surface area contributed by atoms with E-state index >= 15 is 0 Å². The average Bonchev–Trinajstić information content (AvgIpc) is 2.05. The third-order valence-electron chi connectivity index (χ3n) is 1.43. The van der Waals surface area contributed by atoms with Crippen LogP contribution >= 0.6 is 8.25 Å². The molecule has 3 nitrogen and oxygen atoms in total. The van der Waals surface area contributed by atoms with Gasteiger partial charge in [-0.15, -0.1) is 4.52 Å². The third-order valence-corrected chi connectivity index (χ3v) is 1.82. The molecule has 13 heavy (non-hydrogen) atoms. The molecule has 64 valence electrons. The molecule has 1 aromatic carbocycles. The summed E-state index contributed by atoms with van der Waals surface area (Å²) in [6.45, 7) is 0.225. The Morgan fingerprint density at radius 2 is 1.92 bits per heavy atom. The molecule has 1 aromatic rings. The Kier molecular flexibility index (Phi) is 7.77. The summed E-state index contributed by atoms with van der Waals surface area (Å²) in [7, 11) is -2.70. The zero-order chi connectivity index (χ0) is 8.81. The monoisotopic (exact) mass is 207 g/mol. The Hall–Kier alpha value is 0.240. The second kappa shape index (κ2) is 7.63. The SMILES string of the molecule is O=[P+]([O-])OCCc1ccccc1.[Na+]. The van der Waals surface area contributed by atoms with E-state index in [1.165, 1.54) is 0 Å². The number of rotatable bonds is 4. The summed E-state index contributed by atoms with van der Waals surface area (Å²) >= 11 is 0. The molecule has 0 bridgehead atoms. The van der Waals surface area contributed by atoms with Gasteiger partial charge in [0.15, 0.2) is 0 Å². The van der Waals surface area contributed by atoms with Gasteiger partial charge >= 0.3 is 37.8 Å². The maximum atomic E-state index is 10.0. The van der Waals surface area contributed by atoms with E-state index in [1.54, 1.807) is 0 Å². The first kappa shape index (κ1) is 13.2. The van der Waals surface area contributed by atoms with Crippen LogP contribution in [0.15, 0.2) is 30.3 Å². The van der Waals surface area contributed by atoms with E-state index in [1.807, 2.05) is 30.3 Å². The largest absolute Gasteiger partial charge is 1.00 e. The molecule has 0 aliphatic carbocycles. The van der Waals surface area contributed by atoms with E-state index in [2.05, 4.69) is 4.52 Å². The van der Waals surface area contributed by atoms with Gasteiger partial charge in [-0.25, -0.2) is 0 Å². The normalized spacial score (nSPS) is 10.4. The molecule has 0 saturated heterocycles. The maximum Gasteiger partial charge on any atom is 1.00 e. The second-order valence-electron chi connectivity index (χ2n) is 2.29. The zero-order valence-corrected chi connectivity index (χ0v) is 10.4. The fourth-order valence-electron chi connectivity index (χ4n) is 0.883. The van der Waals surface area contributed by atoms with Crippen LogP contribution in [0.4, 0.5) is 0 Å². The van der Waals surface area contributed by atoms with Gasteiger partial charge in [-0.05, 0) is 10.1 Å². The van der Waals surface area contributed by atoms with Crippen molar-refractivity contribution in [2.45, 2.75) is 6.42 Å². The smallest absolute Gasteiger partial charge is 0.566 e. The molecule has 0 spiro atoms. The van der Waals surface area contributed by atoms with Crippen LogP contribution in [0.25, 0.3) is 0 Å². The topological polar surface area (TPSA) is 49.4 Å². The van der Waals surface area contributed by atoms with Crippen LogP contribution in [0.1, 0.15) is 5.56 Å². The minimum absolute atomic E-state index is 0. The van der Waals surface area contributed by atoms with E-state index in [9.17, 15) is 9.46 Å². The fraction of sp³-hybridized carbons (Fsp3) is 0.250. The molecular formula is C8H9NaO3P+. The molecule has 0 saturated carbocycles. The maximum absolute atomic E-state index is 10.0. The molecule has 0 heterocycles. The van der Waals surface area contributed by atoms with Crippen molar-refractivity contribution >= 4 is 8.25 Å². The Morgan fingerprint density at radius 3 is 2.46 bits per heavy atom. The van der Waals surface area contributed by atoms with Crippen LogP contribution in [0.2, 0.25) is 0 Å². The summed E-state index contributed by atoms with van der Waals surface area (Å²) in [4.78, 5) is 10.0. The molecule has 1 rings (SSSR count). The second-order valence-corrected chi connectivity index (χ2v) is 3.00. The molecule has 0 aliphatic rings. The van der Waals surface area contributed by atoms with E-state index in [4.69, 9.17) is 0 Å². The van der Waals surface area contributed by atoms with Crippen LogP contribution in [0, 0.1) is 0 Å². The van der Waals surface area contributed by atoms with Crippen molar-refractivity contribution in [1.82, 2.24) is 0 Å². The van der Waals surface area contributed by atoms with Gasteiger partial charge in [0.2, 0.25) is 0 Å². The summed E-state index contributed by atoms with van der Waals surface area (Å²) in [5.41, 5.74) is 1.08. The van der Waals surface area contributed by atoms with E-state index < -0.39 is 8.25 Å². The van der Waals surface area contributed by atoms with Gasteiger partial charge in [0.25, 0.3) is 0 Å². The van der Waals surface area contributed by atoms with Gasteiger partial charge in [-0.2, -0.15) is 0 Å². The van der Waals surface area contributed by atoms with Crippen molar-refractivity contribution in [2.75, 3.05) is 6.61 Å². The van der Waals surface area contributed by atoms with Crippen LogP contribution in [0.5, 0.6) is 0 Å². The summed E-state index contributed by atoms with van der Waals surface area (Å²) < 4.78 is 14.4. The summed E-state index contributed by atoms with van der Waals surface area (Å²) in [5, 5.41) is 0. The van der Waals surface area contributed by atoms with Crippen LogP contribution in [-0.2, 0) is 15.5 Å². The van der Waals surface area contributed by atoms with E-state index in [-0.39, 0.29) is 36.2 Å². The van der Waals surface area contributed by atoms with Crippen LogP contribution in [0.3, 0.4) is 0 Å². The predicted octanol–water partition coefficient (Wildman–Crippen LogP) is -1.73. The molecular weight excluding hydrogens is 198 g/mol. The summed E-state index contributed by atoms with van der Waals surface area (Å²) in [6.07, 6.45) is 0.629. The zero-order valence-electron chi connectivity index (χ0n) is 7.47. The van der Waals surface area contributed by atoms with Gasteiger partial charge in [0.05, 0.1) is 0 Å². The quantitative estimate of drug-likeness (QED) is 0.435. The molecule has 0 radical (unpaired) electrons. The van der Waals surface area contributed by atoms with Crippen molar-refractivity contribution in [2.24, 2.45) is 0 Å². The molecule has 0 aliphatic heterocycles. The number of benzene rings is 1. The van der Waals surface area contributed by atoms with Crippen molar-refractivity contribution in [3.05, 3.63) is 35.9 Å². The Morgan fingerprint density at radius 1 is 1.31 bits per heavy atom. The number of hydrogen-bond acceptors (Lipinski definition) is 3. The molecule has 1 unspecified atom stereocenters. The van der Waals surface area contributed by atoms with Gasteiger partial charge in [0, 0.05) is 6.42 Å². The summed E-state index contributed by atoms with van der Waals surface area (Å²) in [6, 6.07) is 9.60. The van der Waals surface area contributed by atoms with Crippen molar-refractivity contribution in [3.63, 3.8) is 0 Å². The standard InChI is InChI=1S/C8H9O3P.Na/c9-12(10)11-7-6-8-4-2-1-3-5-8;/h1-5H,6-7H2;/q;+1. The fourth-order valence-corrected chi connectivity index (χ4v) is 1.12. The molecule has 0 N–H and O–H groups in total. The van der Waals surface area contributed by atoms with Gasteiger partial charge < -0.3 is 4.89 Å². The Bertz CT molecular complexity index is 253. The molecule has 1 atom stereocenters. The van der Waals surface area contributed by atoms with Crippen molar-refractivity contribution < 1.29 is 43.5 Å². The Labute approximate surface area is 100 Å². The molecule has 0 fully saturated rings. The molecule has 5 heteroatoms. The van der Waals surface area contributed by atoms with Crippen LogP contribution < -0.4 is 34.5 Å². The minimum atomic E-state index is -2.70. The molecule has 0 aromatic heterocycles. The van der Waals surface area contributed by atoms with Gasteiger partial charge in [-0.3, -0.25) is 0 Å². The molecule has 0 amide bonds. The third kappa shape index (κ3) is 6.33. The Balaban J connectivity index is 0.00000144. The van der Waals surface area contributed by atoms with Crippen molar-refractivity contribution in [1.29, 1.82) is 0 Å².